The van der Waals surface area contributed by atoms with Crippen molar-refractivity contribution in [2.45, 2.75) is 13.0 Å². The molecule has 4 aromatic rings. The van der Waals surface area contributed by atoms with Gasteiger partial charge < -0.3 is 15.0 Å². The molecular formula is C28H24N2O3. The number of nitrogens with zero attached hydrogens (tertiary/aromatic N) is 1. The van der Waals surface area contributed by atoms with Gasteiger partial charge in [0.25, 0.3) is 0 Å². The SMILES string of the molecule is O=C(Nc1ccc(Oc2ccc3ccccc3c2)cc1)[C@@H]1CC(=O)N(Cc2ccccc2)C1. The van der Waals surface area contributed by atoms with Gasteiger partial charge in [0.05, 0.1) is 5.92 Å². The zero-order chi connectivity index (χ0) is 22.6. The minimum atomic E-state index is -0.352. The van der Waals surface area contributed by atoms with Gasteiger partial charge in [0.15, 0.2) is 0 Å². The van der Waals surface area contributed by atoms with E-state index < -0.39 is 0 Å². The summed E-state index contributed by atoms with van der Waals surface area (Å²) < 4.78 is 5.97. The summed E-state index contributed by atoms with van der Waals surface area (Å²) in [6.07, 6.45) is 0.238. The van der Waals surface area contributed by atoms with Crippen molar-refractivity contribution in [3.63, 3.8) is 0 Å². The molecule has 0 saturated carbocycles. The molecule has 4 aromatic carbocycles. The van der Waals surface area contributed by atoms with Crippen LogP contribution in [0.15, 0.2) is 97.1 Å². The van der Waals surface area contributed by atoms with Crippen LogP contribution in [0.25, 0.3) is 10.8 Å². The standard InChI is InChI=1S/C28H24N2O3/c31-27-17-23(19-30(27)18-20-6-2-1-3-7-20)28(32)29-24-11-14-25(15-12-24)33-26-13-10-21-8-4-5-9-22(21)16-26/h1-16,23H,17-19H2,(H,29,32)/t23-/m1/s1. The van der Waals surface area contributed by atoms with Gasteiger partial charge in [0, 0.05) is 25.2 Å². The van der Waals surface area contributed by atoms with Crippen LogP contribution in [0.5, 0.6) is 11.5 Å². The fraction of sp³-hybridized carbons (Fsp3) is 0.143. The van der Waals surface area contributed by atoms with Crippen molar-refractivity contribution in [3.8, 4) is 11.5 Å². The van der Waals surface area contributed by atoms with Crippen LogP contribution in [-0.2, 0) is 16.1 Å². The Morgan fingerprint density at radius 3 is 2.33 bits per heavy atom. The van der Waals surface area contributed by atoms with Gasteiger partial charge in [-0.3, -0.25) is 9.59 Å². The lowest BCUT2D eigenvalue weighted by molar-refractivity contribution is -0.128. The zero-order valence-electron chi connectivity index (χ0n) is 18.1. The average molecular weight is 437 g/mol. The minimum Gasteiger partial charge on any atom is -0.457 e. The van der Waals surface area contributed by atoms with Crippen molar-refractivity contribution < 1.29 is 14.3 Å². The molecule has 0 bridgehead atoms. The summed E-state index contributed by atoms with van der Waals surface area (Å²) in [4.78, 5) is 26.9. The van der Waals surface area contributed by atoms with E-state index in [9.17, 15) is 9.59 Å². The van der Waals surface area contributed by atoms with Crippen LogP contribution < -0.4 is 10.1 Å². The molecule has 1 fully saturated rings. The predicted octanol–water partition coefficient (Wildman–Crippen LogP) is 5.62. The molecular weight excluding hydrogens is 412 g/mol. The first-order valence-electron chi connectivity index (χ1n) is 11.0. The number of nitrogens with one attached hydrogen (secondary N) is 1. The summed E-state index contributed by atoms with van der Waals surface area (Å²) in [5.41, 5.74) is 1.74. The second kappa shape index (κ2) is 9.17. The van der Waals surface area contributed by atoms with Crippen LogP contribution in [-0.4, -0.2) is 23.3 Å². The molecule has 0 radical (unpaired) electrons. The Balaban J connectivity index is 1.18. The van der Waals surface area contributed by atoms with Gasteiger partial charge in [-0.2, -0.15) is 0 Å². The Labute approximate surface area is 192 Å². The van der Waals surface area contributed by atoms with E-state index in [1.54, 1.807) is 4.90 Å². The van der Waals surface area contributed by atoms with E-state index in [1.165, 1.54) is 0 Å². The van der Waals surface area contributed by atoms with Gasteiger partial charge in [-0.1, -0.05) is 60.7 Å². The van der Waals surface area contributed by atoms with Crippen molar-refractivity contribution in [2.24, 2.45) is 5.92 Å². The molecule has 0 unspecified atom stereocenters. The van der Waals surface area contributed by atoms with Crippen LogP contribution in [0, 0.1) is 5.92 Å². The maximum atomic E-state index is 12.7. The number of carbonyl (C=O) groups excluding carboxylic acids is 2. The fourth-order valence-electron chi connectivity index (χ4n) is 4.12. The molecule has 1 N–H and O–H groups in total. The van der Waals surface area contributed by atoms with E-state index in [1.807, 2.05) is 84.9 Å². The normalized spacial score (nSPS) is 15.6. The van der Waals surface area contributed by atoms with Crippen molar-refractivity contribution >= 4 is 28.3 Å². The fourth-order valence-corrected chi connectivity index (χ4v) is 4.12. The molecule has 0 aromatic heterocycles. The third-order valence-electron chi connectivity index (χ3n) is 5.88. The lowest BCUT2D eigenvalue weighted by Crippen LogP contribution is -2.28. The highest BCUT2D eigenvalue weighted by Crippen LogP contribution is 2.27. The van der Waals surface area contributed by atoms with E-state index in [-0.39, 0.29) is 24.2 Å². The Bertz CT molecular complexity index is 1290. The number of rotatable bonds is 6. The number of hydrogen-bond donors (Lipinski definition) is 1. The Morgan fingerprint density at radius 1 is 0.848 bits per heavy atom. The van der Waals surface area contributed by atoms with Gasteiger partial charge in [0.2, 0.25) is 11.8 Å². The molecule has 33 heavy (non-hydrogen) atoms. The molecule has 1 aliphatic rings. The van der Waals surface area contributed by atoms with Crippen molar-refractivity contribution in [1.29, 1.82) is 0 Å². The second-order valence-corrected chi connectivity index (χ2v) is 8.29. The summed E-state index contributed by atoms with van der Waals surface area (Å²) in [6, 6.07) is 31.2. The molecule has 164 valence electrons. The molecule has 0 aliphatic carbocycles. The summed E-state index contributed by atoms with van der Waals surface area (Å²) >= 11 is 0. The van der Waals surface area contributed by atoms with Crippen LogP contribution >= 0.6 is 0 Å². The van der Waals surface area contributed by atoms with Crippen LogP contribution in [0.4, 0.5) is 5.69 Å². The average Bonchev–Trinajstić information content (AvgIpc) is 3.21. The Kier molecular flexibility index (Phi) is 5.77. The van der Waals surface area contributed by atoms with Crippen LogP contribution in [0.3, 0.4) is 0 Å². The Hall–Kier alpha value is -4.12. The second-order valence-electron chi connectivity index (χ2n) is 8.29. The van der Waals surface area contributed by atoms with Gasteiger partial charge in [0.1, 0.15) is 11.5 Å². The van der Waals surface area contributed by atoms with Gasteiger partial charge in [-0.15, -0.1) is 0 Å². The molecule has 0 spiro atoms. The number of ether oxygens (including phenoxy) is 1. The lowest BCUT2D eigenvalue weighted by Gasteiger charge is -2.16. The highest BCUT2D eigenvalue weighted by atomic mass is 16.5. The van der Waals surface area contributed by atoms with E-state index in [0.29, 0.717) is 24.5 Å². The first-order chi connectivity index (χ1) is 16.1. The predicted molar refractivity (Wildman–Crippen MR) is 129 cm³/mol. The first kappa shape index (κ1) is 20.8. The highest BCUT2D eigenvalue weighted by Gasteiger charge is 2.34. The number of benzene rings is 4. The molecule has 1 atom stereocenters. The number of fused-ring (bicyclic) bond motifs is 1. The molecule has 1 saturated heterocycles. The third kappa shape index (κ3) is 4.88. The largest absolute Gasteiger partial charge is 0.457 e. The molecule has 1 aliphatic heterocycles. The summed E-state index contributed by atoms with van der Waals surface area (Å²) in [6.45, 7) is 0.965. The molecule has 1 heterocycles. The van der Waals surface area contributed by atoms with Crippen LogP contribution in [0.1, 0.15) is 12.0 Å². The van der Waals surface area contributed by atoms with Crippen molar-refractivity contribution in [1.82, 2.24) is 4.90 Å². The molecule has 5 nitrogen and oxygen atoms in total. The maximum Gasteiger partial charge on any atom is 0.229 e. The molecule has 5 rings (SSSR count). The number of amides is 2. The van der Waals surface area contributed by atoms with Crippen LogP contribution in [0.2, 0.25) is 0 Å². The molecule has 2 amide bonds. The van der Waals surface area contributed by atoms with Gasteiger partial charge in [-0.05, 0) is 52.7 Å². The minimum absolute atomic E-state index is 0.0122. The topological polar surface area (TPSA) is 58.6 Å². The number of anilines is 1. The summed E-state index contributed by atoms with van der Waals surface area (Å²) in [7, 11) is 0. The smallest absolute Gasteiger partial charge is 0.229 e. The summed E-state index contributed by atoms with van der Waals surface area (Å²) in [5, 5.41) is 5.21. The van der Waals surface area contributed by atoms with E-state index in [4.69, 9.17) is 4.74 Å². The Morgan fingerprint density at radius 2 is 1.55 bits per heavy atom. The molecule has 5 heteroatoms. The van der Waals surface area contributed by atoms with E-state index in [2.05, 4.69) is 17.4 Å². The van der Waals surface area contributed by atoms with E-state index in [0.717, 1.165) is 22.1 Å². The lowest BCUT2D eigenvalue weighted by atomic mass is 10.1. The number of likely N-dealkylation sites (tertiary alicyclic amines) is 1. The zero-order valence-corrected chi connectivity index (χ0v) is 18.1. The maximum absolute atomic E-state index is 12.7. The number of carbonyl (C=O) groups is 2. The van der Waals surface area contributed by atoms with Gasteiger partial charge in [-0.25, -0.2) is 0 Å². The van der Waals surface area contributed by atoms with Gasteiger partial charge >= 0.3 is 0 Å². The third-order valence-corrected chi connectivity index (χ3v) is 5.88. The quantitative estimate of drug-likeness (QED) is 0.427. The van der Waals surface area contributed by atoms with E-state index >= 15 is 0 Å². The highest BCUT2D eigenvalue weighted by molar-refractivity contribution is 5.97. The first-order valence-corrected chi connectivity index (χ1v) is 11.0. The summed E-state index contributed by atoms with van der Waals surface area (Å²) in [5.74, 6) is 0.969. The van der Waals surface area contributed by atoms with Crippen molar-refractivity contribution in [2.75, 3.05) is 11.9 Å². The number of hydrogen-bond acceptors (Lipinski definition) is 3. The van der Waals surface area contributed by atoms with Crippen molar-refractivity contribution in [3.05, 3.63) is 103 Å². The monoisotopic (exact) mass is 436 g/mol.